The molecule has 100 valence electrons. The Morgan fingerprint density at radius 2 is 1.53 bits per heavy atom. The average molecular weight is 262 g/mol. The maximum absolute atomic E-state index is 13.3. The van der Waals surface area contributed by atoms with Gasteiger partial charge in [-0.15, -0.1) is 0 Å². The SMILES string of the molecule is Cc1ccc(C(C)(O)c2cc(F)cc(F)c2)c(C)c1. The quantitative estimate of drug-likeness (QED) is 0.872. The fourth-order valence-electron chi connectivity index (χ4n) is 2.35. The normalized spacial score (nSPS) is 14.2. The molecule has 0 radical (unpaired) electrons. The highest BCUT2D eigenvalue weighted by Crippen LogP contribution is 2.32. The van der Waals surface area contributed by atoms with Crippen molar-refractivity contribution in [3.63, 3.8) is 0 Å². The van der Waals surface area contributed by atoms with E-state index < -0.39 is 17.2 Å². The molecule has 0 aliphatic heterocycles. The summed E-state index contributed by atoms with van der Waals surface area (Å²) in [4.78, 5) is 0. The number of benzene rings is 2. The Balaban J connectivity index is 2.57. The number of rotatable bonds is 2. The van der Waals surface area contributed by atoms with E-state index >= 15 is 0 Å². The zero-order valence-corrected chi connectivity index (χ0v) is 11.2. The Kier molecular flexibility index (Phi) is 3.42. The van der Waals surface area contributed by atoms with Crippen molar-refractivity contribution >= 4 is 0 Å². The van der Waals surface area contributed by atoms with Gasteiger partial charge in [-0.25, -0.2) is 8.78 Å². The molecular formula is C16H16F2O. The Morgan fingerprint density at radius 1 is 0.947 bits per heavy atom. The van der Waals surface area contributed by atoms with Crippen molar-refractivity contribution < 1.29 is 13.9 Å². The summed E-state index contributed by atoms with van der Waals surface area (Å²) in [6, 6.07) is 8.69. The van der Waals surface area contributed by atoms with Crippen LogP contribution < -0.4 is 0 Å². The van der Waals surface area contributed by atoms with Crippen molar-refractivity contribution in [2.75, 3.05) is 0 Å². The largest absolute Gasteiger partial charge is 0.381 e. The Morgan fingerprint density at radius 3 is 2.05 bits per heavy atom. The van der Waals surface area contributed by atoms with Crippen LogP contribution in [-0.4, -0.2) is 5.11 Å². The molecule has 1 atom stereocenters. The number of hydrogen-bond donors (Lipinski definition) is 1. The van der Waals surface area contributed by atoms with Gasteiger partial charge in [-0.1, -0.05) is 23.8 Å². The molecule has 0 saturated heterocycles. The molecular weight excluding hydrogens is 246 g/mol. The van der Waals surface area contributed by atoms with Crippen LogP contribution in [0.4, 0.5) is 8.78 Å². The summed E-state index contributed by atoms with van der Waals surface area (Å²) in [5.41, 5.74) is 1.37. The summed E-state index contributed by atoms with van der Waals surface area (Å²) in [7, 11) is 0. The predicted octanol–water partition coefficient (Wildman–Crippen LogP) is 3.84. The zero-order chi connectivity index (χ0) is 14.2. The molecule has 2 aromatic carbocycles. The minimum Gasteiger partial charge on any atom is -0.381 e. The van der Waals surface area contributed by atoms with Crippen LogP contribution in [0.5, 0.6) is 0 Å². The van der Waals surface area contributed by atoms with Crippen molar-refractivity contribution in [3.05, 3.63) is 70.3 Å². The zero-order valence-electron chi connectivity index (χ0n) is 11.2. The molecule has 2 rings (SSSR count). The van der Waals surface area contributed by atoms with E-state index in [1.165, 1.54) is 0 Å². The van der Waals surface area contributed by atoms with Gasteiger partial charge in [-0.3, -0.25) is 0 Å². The molecule has 0 amide bonds. The Labute approximate surface area is 111 Å². The Hall–Kier alpha value is -1.74. The van der Waals surface area contributed by atoms with Gasteiger partial charge in [0.2, 0.25) is 0 Å². The number of aliphatic hydroxyl groups is 1. The van der Waals surface area contributed by atoms with Crippen LogP contribution in [0.25, 0.3) is 0 Å². The third kappa shape index (κ3) is 2.66. The number of hydrogen-bond acceptors (Lipinski definition) is 1. The average Bonchev–Trinajstić information content (AvgIpc) is 2.26. The Bertz CT molecular complexity index is 598. The molecule has 1 N–H and O–H groups in total. The van der Waals surface area contributed by atoms with Crippen LogP contribution in [0.3, 0.4) is 0 Å². The van der Waals surface area contributed by atoms with Gasteiger partial charge in [0, 0.05) is 6.07 Å². The molecule has 1 nitrogen and oxygen atoms in total. The second kappa shape index (κ2) is 4.74. The molecule has 0 aliphatic rings. The maximum atomic E-state index is 13.3. The molecule has 1 unspecified atom stereocenters. The molecule has 0 saturated carbocycles. The van der Waals surface area contributed by atoms with Crippen molar-refractivity contribution in [1.82, 2.24) is 0 Å². The first-order chi connectivity index (χ1) is 8.80. The maximum Gasteiger partial charge on any atom is 0.126 e. The first kappa shape index (κ1) is 13.7. The molecule has 0 bridgehead atoms. The molecule has 3 heteroatoms. The van der Waals surface area contributed by atoms with Gasteiger partial charge in [0.25, 0.3) is 0 Å². The molecule has 0 aromatic heterocycles. The van der Waals surface area contributed by atoms with Gasteiger partial charge < -0.3 is 5.11 Å². The first-order valence-electron chi connectivity index (χ1n) is 6.07. The molecule has 0 fully saturated rings. The van der Waals surface area contributed by atoms with E-state index in [1.807, 2.05) is 26.0 Å². The smallest absolute Gasteiger partial charge is 0.126 e. The van der Waals surface area contributed by atoms with Gasteiger partial charge >= 0.3 is 0 Å². The summed E-state index contributed by atoms with van der Waals surface area (Å²) >= 11 is 0. The van der Waals surface area contributed by atoms with E-state index in [-0.39, 0.29) is 5.56 Å². The summed E-state index contributed by atoms with van der Waals surface area (Å²) in [5, 5.41) is 10.6. The summed E-state index contributed by atoms with van der Waals surface area (Å²) < 4.78 is 26.6. The van der Waals surface area contributed by atoms with Gasteiger partial charge in [0.05, 0.1) is 0 Å². The highest BCUT2D eigenvalue weighted by atomic mass is 19.1. The minimum absolute atomic E-state index is 0.206. The third-order valence-electron chi connectivity index (χ3n) is 3.33. The lowest BCUT2D eigenvalue weighted by Crippen LogP contribution is -2.24. The fraction of sp³-hybridized carbons (Fsp3) is 0.250. The second-order valence-electron chi connectivity index (χ2n) is 5.05. The highest BCUT2D eigenvalue weighted by Gasteiger charge is 2.28. The van der Waals surface area contributed by atoms with E-state index in [1.54, 1.807) is 13.0 Å². The number of aryl methyl sites for hydroxylation is 2. The minimum atomic E-state index is -1.43. The molecule has 19 heavy (non-hydrogen) atoms. The van der Waals surface area contributed by atoms with Crippen molar-refractivity contribution in [2.45, 2.75) is 26.4 Å². The van der Waals surface area contributed by atoms with E-state index in [0.717, 1.165) is 29.3 Å². The summed E-state index contributed by atoms with van der Waals surface area (Å²) in [6.07, 6.45) is 0. The van der Waals surface area contributed by atoms with E-state index in [2.05, 4.69) is 0 Å². The fourth-order valence-corrected chi connectivity index (χ4v) is 2.35. The topological polar surface area (TPSA) is 20.2 Å². The molecule has 0 aliphatic carbocycles. The van der Waals surface area contributed by atoms with Crippen LogP contribution in [0.1, 0.15) is 29.2 Å². The van der Waals surface area contributed by atoms with Crippen LogP contribution in [0.2, 0.25) is 0 Å². The second-order valence-corrected chi connectivity index (χ2v) is 5.05. The monoisotopic (exact) mass is 262 g/mol. The molecule has 2 aromatic rings. The van der Waals surface area contributed by atoms with Crippen LogP contribution in [-0.2, 0) is 5.60 Å². The summed E-state index contributed by atoms with van der Waals surface area (Å²) in [6.45, 7) is 5.36. The lowest BCUT2D eigenvalue weighted by molar-refractivity contribution is 0.101. The predicted molar refractivity (Wildman–Crippen MR) is 70.9 cm³/mol. The molecule has 0 spiro atoms. The van der Waals surface area contributed by atoms with Gasteiger partial charge in [0.1, 0.15) is 17.2 Å². The van der Waals surface area contributed by atoms with E-state index in [9.17, 15) is 13.9 Å². The van der Waals surface area contributed by atoms with Crippen LogP contribution in [0, 0.1) is 25.5 Å². The van der Waals surface area contributed by atoms with Crippen molar-refractivity contribution in [1.29, 1.82) is 0 Å². The van der Waals surface area contributed by atoms with Crippen LogP contribution in [0.15, 0.2) is 36.4 Å². The highest BCUT2D eigenvalue weighted by molar-refractivity contribution is 5.41. The molecule has 0 heterocycles. The lowest BCUT2D eigenvalue weighted by Gasteiger charge is -2.26. The summed E-state index contributed by atoms with van der Waals surface area (Å²) in [5.74, 6) is -1.39. The van der Waals surface area contributed by atoms with Gasteiger partial charge in [0.15, 0.2) is 0 Å². The lowest BCUT2D eigenvalue weighted by atomic mass is 9.85. The van der Waals surface area contributed by atoms with Crippen LogP contribution >= 0.6 is 0 Å². The van der Waals surface area contributed by atoms with Gasteiger partial charge in [-0.2, -0.15) is 0 Å². The van der Waals surface area contributed by atoms with Gasteiger partial charge in [-0.05, 0) is 49.6 Å². The number of halogens is 2. The van der Waals surface area contributed by atoms with Crippen molar-refractivity contribution in [2.24, 2.45) is 0 Å². The van der Waals surface area contributed by atoms with E-state index in [0.29, 0.717) is 5.56 Å². The van der Waals surface area contributed by atoms with E-state index in [4.69, 9.17) is 0 Å². The first-order valence-corrected chi connectivity index (χ1v) is 6.07. The van der Waals surface area contributed by atoms with Crippen molar-refractivity contribution in [3.8, 4) is 0 Å². The third-order valence-corrected chi connectivity index (χ3v) is 3.33. The standard InChI is InChI=1S/C16H16F2O/c1-10-4-5-15(11(2)6-10)16(3,19)12-7-13(17)9-14(18)8-12/h4-9,19H,1-3H3.